The number of ether oxygens (including phenoxy) is 2. The average Bonchev–Trinajstić information content (AvgIpc) is 2.63. The van der Waals surface area contributed by atoms with E-state index in [1.165, 1.54) is 12.1 Å². The van der Waals surface area contributed by atoms with Gasteiger partial charge in [0, 0.05) is 5.69 Å². The zero-order chi connectivity index (χ0) is 19.3. The van der Waals surface area contributed by atoms with Gasteiger partial charge in [-0.25, -0.2) is 4.79 Å². The maximum absolute atomic E-state index is 12.1. The number of alkyl halides is 3. The SMILES string of the molecule is O=C(Nc1ccc(OC(F)(F)F)cc1)Oc1ccc(-c2ccccc2)cc1. The van der Waals surface area contributed by atoms with Crippen LogP contribution in [0.1, 0.15) is 0 Å². The minimum Gasteiger partial charge on any atom is -0.410 e. The number of carbonyl (C=O) groups excluding carboxylic acids is 1. The first-order chi connectivity index (χ1) is 12.9. The van der Waals surface area contributed by atoms with Gasteiger partial charge in [-0.15, -0.1) is 13.2 Å². The summed E-state index contributed by atoms with van der Waals surface area (Å²) in [6.45, 7) is 0. The molecule has 0 saturated carbocycles. The minimum atomic E-state index is -4.76. The Hall–Kier alpha value is -3.48. The highest BCUT2D eigenvalue weighted by molar-refractivity contribution is 5.86. The van der Waals surface area contributed by atoms with Crippen molar-refractivity contribution < 1.29 is 27.4 Å². The first-order valence-corrected chi connectivity index (χ1v) is 7.89. The molecule has 0 aliphatic heterocycles. The number of benzene rings is 3. The third-order valence-corrected chi connectivity index (χ3v) is 3.51. The van der Waals surface area contributed by atoms with Crippen molar-refractivity contribution in [3.63, 3.8) is 0 Å². The molecule has 3 rings (SSSR count). The summed E-state index contributed by atoms with van der Waals surface area (Å²) in [5.74, 6) is -0.0397. The summed E-state index contributed by atoms with van der Waals surface area (Å²) < 4.78 is 45.3. The van der Waals surface area contributed by atoms with Gasteiger partial charge >= 0.3 is 12.5 Å². The Morgan fingerprint density at radius 2 is 1.30 bits per heavy atom. The maximum atomic E-state index is 12.1. The average molecular weight is 373 g/mol. The third kappa shape index (κ3) is 5.50. The Morgan fingerprint density at radius 1 is 0.741 bits per heavy atom. The van der Waals surface area contributed by atoms with Gasteiger partial charge in [-0.1, -0.05) is 42.5 Å². The molecule has 0 aliphatic carbocycles. The van der Waals surface area contributed by atoms with E-state index < -0.39 is 12.5 Å². The first kappa shape index (κ1) is 18.3. The first-order valence-electron chi connectivity index (χ1n) is 7.89. The van der Waals surface area contributed by atoms with Gasteiger partial charge in [0.05, 0.1) is 0 Å². The van der Waals surface area contributed by atoms with Crippen LogP contribution in [0.25, 0.3) is 11.1 Å². The lowest BCUT2D eigenvalue weighted by Crippen LogP contribution is -2.18. The summed E-state index contributed by atoms with van der Waals surface area (Å²) in [7, 11) is 0. The molecule has 3 aromatic carbocycles. The summed E-state index contributed by atoms with van der Waals surface area (Å²) in [5.41, 5.74) is 2.29. The molecule has 0 fully saturated rings. The van der Waals surface area contributed by atoms with Crippen molar-refractivity contribution in [3.8, 4) is 22.6 Å². The number of hydrogen-bond donors (Lipinski definition) is 1. The second kappa shape index (κ2) is 7.82. The van der Waals surface area contributed by atoms with Crippen molar-refractivity contribution in [1.82, 2.24) is 0 Å². The van der Waals surface area contributed by atoms with Gasteiger partial charge in [0.2, 0.25) is 0 Å². The molecule has 0 atom stereocenters. The van der Waals surface area contributed by atoms with Crippen molar-refractivity contribution in [3.05, 3.63) is 78.9 Å². The highest BCUT2D eigenvalue weighted by Crippen LogP contribution is 2.25. The summed E-state index contributed by atoms with van der Waals surface area (Å²) in [6, 6.07) is 21.4. The molecule has 1 amide bonds. The fourth-order valence-corrected chi connectivity index (χ4v) is 2.34. The highest BCUT2D eigenvalue weighted by atomic mass is 19.4. The lowest BCUT2D eigenvalue weighted by Gasteiger charge is -2.10. The summed E-state index contributed by atoms with van der Waals surface area (Å²) in [6.07, 6.45) is -5.52. The lowest BCUT2D eigenvalue weighted by atomic mass is 10.1. The van der Waals surface area contributed by atoms with E-state index in [0.29, 0.717) is 5.75 Å². The second-order valence-electron chi connectivity index (χ2n) is 5.48. The molecule has 0 unspecified atom stereocenters. The quantitative estimate of drug-likeness (QED) is 0.623. The topological polar surface area (TPSA) is 47.6 Å². The predicted octanol–water partition coefficient (Wildman–Crippen LogP) is 5.86. The van der Waals surface area contributed by atoms with E-state index in [1.807, 2.05) is 42.5 Å². The summed E-state index contributed by atoms with van der Waals surface area (Å²) in [5, 5.41) is 2.43. The van der Waals surface area contributed by atoms with Gasteiger partial charge in [0.25, 0.3) is 0 Å². The van der Waals surface area contributed by atoms with E-state index in [1.54, 1.807) is 12.1 Å². The molecule has 4 nitrogen and oxygen atoms in total. The van der Waals surface area contributed by atoms with Gasteiger partial charge in [0.1, 0.15) is 11.5 Å². The molecule has 0 aromatic heterocycles. The molecule has 0 aliphatic rings. The van der Waals surface area contributed by atoms with Crippen LogP contribution < -0.4 is 14.8 Å². The zero-order valence-corrected chi connectivity index (χ0v) is 13.9. The fourth-order valence-electron chi connectivity index (χ4n) is 2.34. The van der Waals surface area contributed by atoms with Crippen molar-refractivity contribution in [1.29, 1.82) is 0 Å². The predicted molar refractivity (Wildman–Crippen MR) is 94.6 cm³/mol. The Bertz CT molecular complexity index is 893. The minimum absolute atomic E-state index is 0.274. The van der Waals surface area contributed by atoms with Crippen LogP contribution in [0.15, 0.2) is 78.9 Å². The molecular weight excluding hydrogens is 359 g/mol. The van der Waals surface area contributed by atoms with Crippen LogP contribution >= 0.6 is 0 Å². The molecule has 0 saturated heterocycles. The van der Waals surface area contributed by atoms with Crippen LogP contribution in [-0.2, 0) is 0 Å². The standard InChI is InChI=1S/C20H14F3NO3/c21-20(22,23)27-18-12-8-16(9-13-18)24-19(25)26-17-10-6-15(7-11-17)14-4-2-1-3-5-14/h1-13H,(H,24,25). The molecule has 0 radical (unpaired) electrons. The van der Waals surface area contributed by atoms with Crippen LogP contribution in [0.4, 0.5) is 23.7 Å². The zero-order valence-electron chi connectivity index (χ0n) is 13.9. The molecule has 3 aromatic rings. The largest absolute Gasteiger partial charge is 0.573 e. The number of carbonyl (C=O) groups is 1. The molecule has 27 heavy (non-hydrogen) atoms. The summed E-state index contributed by atoms with van der Waals surface area (Å²) in [4.78, 5) is 11.9. The van der Waals surface area contributed by atoms with E-state index in [0.717, 1.165) is 23.3 Å². The maximum Gasteiger partial charge on any atom is 0.573 e. The van der Waals surface area contributed by atoms with Crippen LogP contribution in [0.3, 0.4) is 0 Å². The molecule has 0 heterocycles. The highest BCUT2D eigenvalue weighted by Gasteiger charge is 2.30. The Morgan fingerprint density at radius 3 is 1.89 bits per heavy atom. The van der Waals surface area contributed by atoms with Crippen molar-refractivity contribution >= 4 is 11.8 Å². The number of nitrogens with one attached hydrogen (secondary N) is 1. The summed E-state index contributed by atoms with van der Waals surface area (Å²) >= 11 is 0. The number of hydrogen-bond acceptors (Lipinski definition) is 3. The molecular formula is C20H14F3NO3. The molecule has 0 spiro atoms. The van der Waals surface area contributed by atoms with Crippen LogP contribution in [0.5, 0.6) is 11.5 Å². The van der Waals surface area contributed by atoms with Gasteiger partial charge < -0.3 is 9.47 Å². The fraction of sp³-hybridized carbons (Fsp3) is 0.0500. The van der Waals surface area contributed by atoms with Crippen molar-refractivity contribution in [2.45, 2.75) is 6.36 Å². The van der Waals surface area contributed by atoms with E-state index in [9.17, 15) is 18.0 Å². The van der Waals surface area contributed by atoms with E-state index in [-0.39, 0.29) is 11.4 Å². The van der Waals surface area contributed by atoms with Crippen LogP contribution in [0, 0.1) is 0 Å². The van der Waals surface area contributed by atoms with Crippen LogP contribution in [-0.4, -0.2) is 12.5 Å². The lowest BCUT2D eigenvalue weighted by molar-refractivity contribution is -0.274. The third-order valence-electron chi connectivity index (χ3n) is 3.51. The van der Waals surface area contributed by atoms with Gasteiger partial charge in [-0.05, 0) is 47.5 Å². The van der Waals surface area contributed by atoms with Crippen molar-refractivity contribution in [2.24, 2.45) is 0 Å². The number of anilines is 1. The Balaban J connectivity index is 1.57. The number of halogens is 3. The number of rotatable bonds is 4. The van der Waals surface area contributed by atoms with Gasteiger partial charge in [0.15, 0.2) is 0 Å². The van der Waals surface area contributed by atoms with Gasteiger partial charge in [-0.3, -0.25) is 5.32 Å². The molecule has 0 bridgehead atoms. The van der Waals surface area contributed by atoms with Crippen molar-refractivity contribution in [2.75, 3.05) is 5.32 Å². The Kier molecular flexibility index (Phi) is 5.30. The molecule has 7 heteroatoms. The number of amides is 1. The smallest absolute Gasteiger partial charge is 0.410 e. The second-order valence-corrected chi connectivity index (χ2v) is 5.48. The van der Waals surface area contributed by atoms with E-state index >= 15 is 0 Å². The van der Waals surface area contributed by atoms with E-state index in [4.69, 9.17) is 4.74 Å². The molecule has 138 valence electrons. The van der Waals surface area contributed by atoms with Gasteiger partial charge in [-0.2, -0.15) is 0 Å². The Labute approximate surface area is 153 Å². The normalized spacial score (nSPS) is 10.9. The monoisotopic (exact) mass is 373 g/mol. The van der Waals surface area contributed by atoms with E-state index in [2.05, 4.69) is 10.1 Å². The van der Waals surface area contributed by atoms with Crippen LogP contribution in [0.2, 0.25) is 0 Å². The molecule has 1 N–H and O–H groups in total.